The van der Waals surface area contributed by atoms with E-state index in [1.54, 1.807) is 27.7 Å². The van der Waals surface area contributed by atoms with Gasteiger partial charge in [-0.3, -0.25) is 19.1 Å². The number of aromatic nitrogens is 4. The van der Waals surface area contributed by atoms with E-state index in [2.05, 4.69) is 31.3 Å². The van der Waals surface area contributed by atoms with Crippen molar-refractivity contribution in [1.29, 1.82) is 0 Å². The first-order valence-corrected chi connectivity index (χ1v) is 11.6. The van der Waals surface area contributed by atoms with Crippen molar-refractivity contribution in [3.8, 4) is 11.4 Å². The molecule has 33 heavy (non-hydrogen) atoms. The molecule has 0 aliphatic heterocycles. The summed E-state index contributed by atoms with van der Waals surface area (Å²) in [6, 6.07) is 16.7. The van der Waals surface area contributed by atoms with Gasteiger partial charge in [0.25, 0.3) is 5.56 Å². The Morgan fingerprint density at radius 3 is 2.73 bits per heavy atom. The molecule has 0 bridgehead atoms. The van der Waals surface area contributed by atoms with Crippen LogP contribution in [-0.4, -0.2) is 30.6 Å². The van der Waals surface area contributed by atoms with Gasteiger partial charge < -0.3 is 5.32 Å². The first-order valence-electron chi connectivity index (χ1n) is 10.5. The number of hydrogen-bond donors (Lipinski definition) is 1. The van der Waals surface area contributed by atoms with E-state index in [4.69, 9.17) is 0 Å². The molecule has 0 saturated carbocycles. The van der Waals surface area contributed by atoms with Crippen molar-refractivity contribution in [2.24, 2.45) is 0 Å². The number of nitrogens with zero attached hydrogens (tertiary/aromatic N) is 4. The largest absolute Gasteiger partial charge is 0.326 e. The smallest absolute Gasteiger partial charge is 0.255 e. The van der Waals surface area contributed by atoms with Crippen molar-refractivity contribution >= 4 is 49.3 Å². The van der Waals surface area contributed by atoms with Crippen molar-refractivity contribution in [3.05, 3.63) is 89.1 Å². The fraction of sp³-hybridized carbons (Fsp3) is 0.120. The minimum atomic E-state index is -0.166. The van der Waals surface area contributed by atoms with Crippen LogP contribution >= 0.6 is 15.9 Å². The van der Waals surface area contributed by atoms with E-state index in [1.807, 2.05) is 55.6 Å². The molecule has 2 aromatic carbocycles. The third-order valence-electron chi connectivity index (χ3n) is 5.54. The number of aryl methyl sites for hydroxylation is 1. The molecule has 8 heteroatoms. The summed E-state index contributed by atoms with van der Waals surface area (Å²) < 4.78 is 3.44. The molecule has 1 N–H and O–H groups in total. The minimum absolute atomic E-state index is 0.0871. The molecule has 3 aromatic heterocycles. The summed E-state index contributed by atoms with van der Waals surface area (Å²) in [7, 11) is 0. The summed E-state index contributed by atoms with van der Waals surface area (Å²) in [5, 5.41) is 9.52. The van der Waals surface area contributed by atoms with E-state index in [-0.39, 0.29) is 11.5 Å². The van der Waals surface area contributed by atoms with Gasteiger partial charge in [-0.15, -0.1) is 0 Å². The van der Waals surface area contributed by atoms with Crippen molar-refractivity contribution in [3.63, 3.8) is 0 Å². The zero-order chi connectivity index (χ0) is 22.9. The number of fused-ring (bicyclic) bond motifs is 3. The predicted molar refractivity (Wildman–Crippen MR) is 134 cm³/mol. The van der Waals surface area contributed by atoms with Crippen LogP contribution in [0.2, 0.25) is 0 Å². The van der Waals surface area contributed by atoms with Crippen molar-refractivity contribution in [1.82, 2.24) is 19.3 Å². The zero-order valence-corrected chi connectivity index (χ0v) is 19.4. The average molecular weight is 502 g/mol. The molecule has 0 unspecified atom stereocenters. The SMILES string of the molecule is Cc1ccc(-n2c(=O)ccc3cnc4ccc(-n5cccn5)cc4c32)cc1NC(=O)CCBr. The third kappa shape index (κ3) is 3.93. The molecule has 0 atom stereocenters. The lowest BCUT2D eigenvalue weighted by Gasteiger charge is -2.15. The Balaban J connectivity index is 1.76. The standard InChI is InChI=1S/C25H20BrN5O2/c1-16-3-5-19(14-22(16)29-23(32)9-10-26)31-24(33)8-4-17-15-27-21-7-6-18(13-20(21)25(17)31)30-12-2-11-28-30/h2-8,11-15H,9-10H2,1H3,(H,29,32). The molecule has 0 radical (unpaired) electrons. The van der Waals surface area contributed by atoms with Gasteiger partial charge in [0.05, 0.1) is 22.4 Å². The van der Waals surface area contributed by atoms with Crippen molar-refractivity contribution < 1.29 is 4.79 Å². The Kier molecular flexibility index (Phi) is 5.51. The Bertz CT molecular complexity index is 1560. The van der Waals surface area contributed by atoms with E-state index in [0.29, 0.717) is 23.1 Å². The number of rotatable bonds is 5. The van der Waals surface area contributed by atoms with Crippen LogP contribution in [0.5, 0.6) is 0 Å². The number of hydrogen-bond acceptors (Lipinski definition) is 4. The molecule has 3 heterocycles. The first-order chi connectivity index (χ1) is 16.0. The summed E-state index contributed by atoms with van der Waals surface area (Å²) in [5.74, 6) is -0.0871. The summed E-state index contributed by atoms with van der Waals surface area (Å²) in [4.78, 5) is 29.9. The highest BCUT2D eigenvalue weighted by atomic mass is 79.9. The molecule has 0 spiro atoms. The molecule has 0 fully saturated rings. The van der Waals surface area contributed by atoms with Crippen LogP contribution < -0.4 is 10.9 Å². The van der Waals surface area contributed by atoms with E-state index in [9.17, 15) is 9.59 Å². The Labute approximate surface area is 197 Å². The Hall–Kier alpha value is -3.78. The summed E-state index contributed by atoms with van der Waals surface area (Å²) in [6.45, 7) is 1.93. The van der Waals surface area contributed by atoms with E-state index >= 15 is 0 Å². The molecule has 0 saturated heterocycles. The lowest BCUT2D eigenvalue weighted by Crippen LogP contribution is -2.19. The lowest BCUT2D eigenvalue weighted by atomic mass is 10.1. The highest BCUT2D eigenvalue weighted by molar-refractivity contribution is 9.09. The van der Waals surface area contributed by atoms with Gasteiger partial charge in [0.15, 0.2) is 0 Å². The number of halogens is 1. The minimum Gasteiger partial charge on any atom is -0.326 e. The molecule has 0 aliphatic carbocycles. The van der Waals surface area contributed by atoms with Gasteiger partial charge in [-0.25, -0.2) is 4.68 Å². The molecular formula is C25H20BrN5O2. The maximum absolute atomic E-state index is 13.1. The maximum atomic E-state index is 13.1. The summed E-state index contributed by atoms with van der Waals surface area (Å²) in [6.07, 6.45) is 5.73. The van der Waals surface area contributed by atoms with Gasteiger partial charge in [-0.2, -0.15) is 5.10 Å². The van der Waals surface area contributed by atoms with Crippen LogP contribution in [0, 0.1) is 6.92 Å². The molecule has 5 aromatic rings. The number of alkyl halides is 1. The van der Waals surface area contributed by atoms with Crippen molar-refractivity contribution in [2.75, 3.05) is 10.6 Å². The number of carbonyl (C=O) groups excluding carboxylic acids is 1. The third-order valence-corrected chi connectivity index (χ3v) is 5.94. The zero-order valence-electron chi connectivity index (χ0n) is 17.8. The second kappa shape index (κ2) is 8.63. The van der Waals surface area contributed by atoms with E-state index < -0.39 is 0 Å². The van der Waals surface area contributed by atoms with Crippen LogP contribution in [-0.2, 0) is 4.79 Å². The van der Waals surface area contributed by atoms with Crippen LogP contribution in [0.4, 0.5) is 5.69 Å². The molecular weight excluding hydrogens is 482 g/mol. The number of anilines is 1. The van der Waals surface area contributed by atoms with Gasteiger partial charge in [0.1, 0.15) is 0 Å². The highest BCUT2D eigenvalue weighted by Gasteiger charge is 2.13. The van der Waals surface area contributed by atoms with Gasteiger partial charge >= 0.3 is 0 Å². The molecule has 0 aliphatic rings. The molecule has 1 amide bonds. The van der Waals surface area contributed by atoms with Crippen LogP contribution in [0.3, 0.4) is 0 Å². The monoisotopic (exact) mass is 501 g/mol. The second-order valence-electron chi connectivity index (χ2n) is 7.71. The van der Waals surface area contributed by atoms with Crippen LogP contribution in [0.15, 0.2) is 78.0 Å². The number of pyridine rings is 2. The normalized spacial score (nSPS) is 11.2. The van der Waals surface area contributed by atoms with Gasteiger partial charge in [0, 0.05) is 52.9 Å². The fourth-order valence-electron chi connectivity index (χ4n) is 3.90. The van der Waals surface area contributed by atoms with Crippen molar-refractivity contribution in [2.45, 2.75) is 13.3 Å². The topological polar surface area (TPSA) is 81.8 Å². The summed E-state index contributed by atoms with van der Waals surface area (Å²) in [5.41, 5.74) is 4.50. The predicted octanol–water partition coefficient (Wildman–Crippen LogP) is 4.76. The molecule has 164 valence electrons. The van der Waals surface area contributed by atoms with E-state index in [0.717, 1.165) is 33.1 Å². The Morgan fingerprint density at radius 2 is 1.94 bits per heavy atom. The van der Waals surface area contributed by atoms with Crippen LogP contribution in [0.25, 0.3) is 33.2 Å². The fourth-order valence-corrected chi connectivity index (χ4v) is 4.26. The quantitative estimate of drug-likeness (QED) is 0.278. The van der Waals surface area contributed by atoms with Gasteiger partial charge in [0.2, 0.25) is 5.91 Å². The van der Waals surface area contributed by atoms with Gasteiger partial charge in [-0.05, 0) is 55.0 Å². The average Bonchev–Trinajstić information content (AvgIpc) is 3.35. The summed E-state index contributed by atoms with van der Waals surface area (Å²) >= 11 is 3.29. The highest BCUT2D eigenvalue weighted by Crippen LogP contribution is 2.28. The number of benzene rings is 2. The lowest BCUT2D eigenvalue weighted by molar-refractivity contribution is -0.115. The first kappa shape index (κ1) is 21.1. The van der Waals surface area contributed by atoms with Crippen LogP contribution in [0.1, 0.15) is 12.0 Å². The number of amides is 1. The number of nitrogens with one attached hydrogen (secondary N) is 1. The molecule has 5 rings (SSSR count). The van der Waals surface area contributed by atoms with E-state index in [1.165, 1.54) is 6.07 Å². The Morgan fingerprint density at radius 1 is 1.09 bits per heavy atom. The maximum Gasteiger partial charge on any atom is 0.255 e. The number of carbonyl (C=O) groups is 1. The second-order valence-corrected chi connectivity index (χ2v) is 8.50. The molecule has 7 nitrogen and oxygen atoms in total. The van der Waals surface area contributed by atoms with Gasteiger partial charge in [-0.1, -0.05) is 22.0 Å².